The van der Waals surface area contributed by atoms with Crippen LogP contribution in [0.4, 0.5) is 8.78 Å². The Morgan fingerprint density at radius 1 is 0.771 bits per heavy atom. The molecule has 0 amide bonds. The van der Waals surface area contributed by atoms with Crippen molar-refractivity contribution in [1.29, 1.82) is 0 Å². The zero-order valence-corrected chi connectivity index (χ0v) is 20.3. The van der Waals surface area contributed by atoms with Gasteiger partial charge in [-0.15, -0.1) is 0 Å². The summed E-state index contributed by atoms with van der Waals surface area (Å²) in [5, 5.41) is 9.50. The van der Waals surface area contributed by atoms with Gasteiger partial charge in [0.25, 0.3) is 0 Å². The number of carboxylic acids is 1. The molecule has 0 bridgehead atoms. The van der Waals surface area contributed by atoms with Gasteiger partial charge in [-0.3, -0.25) is 0 Å². The molecule has 0 aliphatic carbocycles. The highest BCUT2D eigenvalue weighted by Gasteiger charge is 2.15. The van der Waals surface area contributed by atoms with E-state index < -0.39 is 12.6 Å². The lowest BCUT2D eigenvalue weighted by atomic mass is 9.96. The number of rotatable bonds is 14. The van der Waals surface area contributed by atoms with Crippen molar-refractivity contribution in [2.75, 3.05) is 0 Å². The summed E-state index contributed by atoms with van der Waals surface area (Å²) in [7, 11) is 0. The van der Waals surface area contributed by atoms with Crippen molar-refractivity contribution < 1.29 is 23.4 Å². The largest absolute Gasteiger partial charge is 0.478 e. The SMILES string of the molecule is CCCCCCCCCCc1ccc(-c2ccc(-c3cc(OC(F)F)ccc3C(=O)O)cc2)cc1. The van der Waals surface area contributed by atoms with Crippen LogP contribution in [0.15, 0.2) is 66.7 Å². The van der Waals surface area contributed by atoms with Crippen LogP contribution in [0.1, 0.15) is 74.2 Å². The molecule has 0 saturated heterocycles. The van der Waals surface area contributed by atoms with Crippen molar-refractivity contribution >= 4 is 5.97 Å². The summed E-state index contributed by atoms with van der Waals surface area (Å²) in [6, 6.07) is 19.8. The zero-order valence-electron chi connectivity index (χ0n) is 20.3. The molecule has 3 rings (SSSR count). The van der Waals surface area contributed by atoms with Gasteiger partial charge in [-0.25, -0.2) is 4.79 Å². The maximum absolute atomic E-state index is 12.6. The summed E-state index contributed by atoms with van der Waals surface area (Å²) in [6.45, 7) is -0.729. The summed E-state index contributed by atoms with van der Waals surface area (Å²) < 4.78 is 29.6. The molecule has 186 valence electrons. The van der Waals surface area contributed by atoms with Gasteiger partial charge in [0.05, 0.1) is 5.56 Å². The second-order valence-electron chi connectivity index (χ2n) is 8.89. The molecule has 5 heteroatoms. The van der Waals surface area contributed by atoms with Gasteiger partial charge >= 0.3 is 12.6 Å². The van der Waals surface area contributed by atoms with Crippen LogP contribution in [0.25, 0.3) is 22.3 Å². The Hall–Kier alpha value is -3.21. The first-order valence-electron chi connectivity index (χ1n) is 12.5. The molecule has 0 spiro atoms. The molecule has 3 nitrogen and oxygen atoms in total. The van der Waals surface area contributed by atoms with Gasteiger partial charge in [0, 0.05) is 0 Å². The molecule has 3 aromatic rings. The van der Waals surface area contributed by atoms with E-state index in [9.17, 15) is 18.7 Å². The van der Waals surface area contributed by atoms with E-state index in [4.69, 9.17) is 0 Å². The number of ether oxygens (including phenoxy) is 1. The van der Waals surface area contributed by atoms with Gasteiger partial charge in [0.2, 0.25) is 0 Å². The van der Waals surface area contributed by atoms with E-state index in [1.165, 1.54) is 75.1 Å². The molecule has 0 aromatic heterocycles. The number of halogens is 2. The van der Waals surface area contributed by atoms with E-state index in [-0.39, 0.29) is 11.3 Å². The quantitative estimate of drug-likeness (QED) is 0.234. The Morgan fingerprint density at radius 2 is 1.31 bits per heavy atom. The van der Waals surface area contributed by atoms with Crippen molar-refractivity contribution in [3.05, 3.63) is 77.9 Å². The van der Waals surface area contributed by atoms with Crippen LogP contribution in [-0.4, -0.2) is 17.7 Å². The van der Waals surface area contributed by atoms with Crippen molar-refractivity contribution in [2.24, 2.45) is 0 Å². The van der Waals surface area contributed by atoms with Crippen LogP contribution in [0.2, 0.25) is 0 Å². The Balaban J connectivity index is 1.60. The zero-order chi connectivity index (χ0) is 25.0. The van der Waals surface area contributed by atoms with Crippen LogP contribution >= 0.6 is 0 Å². The molecule has 0 atom stereocenters. The first-order valence-corrected chi connectivity index (χ1v) is 12.5. The smallest absolute Gasteiger partial charge is 0.387 e. The fraction of sp³-hybridized carbons (Fsp3) is 0.367. The Bertz CT molecular complexity index is 1060. The van der Waals surface area contributed by atoms with E-state index in [2.05, 4.69) is 35.9 Å². The number of carboxylic acid groups (broad SMARTS) is 1. The van der Waals surface area contributed by atoms with Gasteiger partial charge in [0.15, 0.2) is 0 Å². The second-order valence-corrected chi connectivity index (χ2v) is 8.89. The predicted molar refractivity (Wildman–Crippen MR) is 137 cm³/mol. The molecule has 1 N–H and O–H groups in total. The lowest BCUT2D eigenvalue weighted by Crippen LogP contribution is -2.04. The maximum Gasteiger partial charge on any atom is 0.387 e. The summed E-state index contributed by atoms with van der Waals surface area (Å²) in [6.07, 6.45) is 11.6. The van der Waals surface area contributed by atoms with Crippen LogP contribution in [-0.2, 0) is 6.42 Å². The van der Waals surface area contributed by atoms with Gasteiger partial charge in [-0.1, -0.05) is 100 Å². The van der Waals surface area contributed by atoms with Crippen LogP contribution < -0.4 is 4.74 Å². The molecule has 0 aliphatic heterocycles. The Labute approximate surface area is 206 Å². The highest BCUT2D eigenvalue weighted by molar-refractivity contribution is 5.96. The first-order chi connectivity index (χ1) is 17.0. The number of aryl methyl sites for hydroxylation is 1. The molecular weight excluding hydrogens is 446 g/mol. The maximum atomic E-state index is 12.6. The van der Waals surface area contributed by atoms with Crippen molar-refractivity contribution in [1.82, 2.24) is 0 Å². The highest BCUT2D eigenvalue weighted by Crippen LogP contribution is 2.31. The van der Waals surface area contributed by atoms with Crippen molar-refractivity contribution in [2.45, 2.75) is 71.3 Å². The molecule has 0 radical (unpaired) electrons. The fourth-order valence-electron chi connectivity index (χ4n) is 4.29. The van der Waals surface area contributed by atoms with Crippen molar-refractivity contribution in [3.63, 3.8) is 0 Å². The molecule has 0 aliphatic rings. The third-order valence-corrected chi connectivity index (χ3v) is 6.25. The summed E-state index contributed by atoms with van der Waals surface area (Å²) in [4.78, 5) is 11.6. The first kappa shape index (κ1) is 26.4. The number of aromatic carboxylic acids is 1. The monoisotopic (exact) mass is 480 g/mol. The average molecular weight is 481 g/mol. The van der Waals surface area contributed by atoms with E-state index in [1.807, 2.05) is 12.1 Å². The third-order valence-electron chi connectivity index (χ3n) is 6.25. The average Bonchev–Trinajstić information content (AvgIpc) is 2.85. The summed E-state index contributed by atoms with van der Waals surface area (Å²) >= 11 is 0. The third kappa shape index (κ3) is 8.20. The van der Waals surface area contributed by atoms with Crippen LogP contribution in [0, 0.1) is 0 Å². The summed E-state index contributed by atoms with van der Waals surface area (Å²) in [5.41, 5.74) is 4.40. The fourth-order valence-corrected chi connectivity index (χ4v) is 4.29. The number of alkyl halides is 2. The van der Waals surface area contributed by atoms with E-state index in [0.29, 0.717) is 11.1 Å². The lowest BCUT2D eigenvalue weighted by molar-refractivity contribution is -0.0498. The molecule has 0 fully saturated rings. The van der Waals surface area contributed by atoms with Gasteiger partial charge in [-0.2, -0.15) is 8.78 Å². The standard InChI is InChI=1S/C30H34F2O3/c1-2-3-4-5-6-7-8-9-10-22-11-13-23(14-12-22)24-15-17-25(18-16-24)28-21-26(35-30(31)32)19-20-27(28)29(33)34/h11-21,30H,2-10H2,1H3,(H,33,34). The Kier molecular flexibility index (Phi) is 10.3. The predicted octanol–water partition coefficient (Wildman–Crippen LogP) is 9.00. The van der Waals surface area contributed by atoms with Crippen molar-refractivity contribution in [3.8, 4) is 28.0 Å². The van der Waals surface area contributed by atoms with Gasteiger partial charge in [-0.05, 0) is 58.9 Å². The molecular formula is C30H34F2O3. The minimum atomic E-state index is -2.97. The Morgan fingerprint density at radius 3 is 1.89 bits per heavy atom. The number of benzene rings is 3. The number of hydrogen-bond donors (Lipinski definition) is 1. The van der Waals surface area contributed by atoms with E-state index >= 15 is 0 Å². The molecule has 0 heterocycles. The minimum absolute atomic E-state index is 0.0321. The topological polar surface area (TPSA) is 46.5 Å². The molecule has 3 aromatic carbocycles. The lowest BCUT2D eigenvalue weighted by Gasteiger charge is -2.11. The second kappa shape index (κ2) is 13.6. The van der Waals surface area contributed by atoms with E-state index in [0.717, 1.165) is 17.5 Å². The molecule has 0 saturated carbocycles. The normalized spacial score (nSPS) is 11.1. The number of unbranched alkanes of at least 4 members (excludes halogenated alkanes) is 7. The van der Waals surface area contributed by atoms with Gasteiger partial charge < -0.3 is 9.84 Å². The highest BCUT2D eigenvalue weighted by atomic mass is 19.3. The molecule has 35 heavy (non-hydrogen) atoms. The summed E-state index contributed by atoms with van der Waals surface area (Å²) in [5.74, 6) is -1.20. The van der Waals surface area contributed by atoms with E-state index in [1.54, 1.807) is 12.1 Å². The molecule has 0 unspecified atom stereocenters. The number of hydrogen-bond acceptors (Lipinski definition) is 2. The minimum Gasteiger partial charge on any atom is -0.478 e. The van der Waals surface area contributed by atoms with Gasteiger partial charge in [0.1, 0.15) is 5.75 Å². The van der Waals surface area contributed by atoms with Crippen LogP contribution in [0.3, 0.4) is 0 Å². The number of carbonyl (C=O) groups is 1. The van der Waals surface area contributed by atoms with Crippen LogP contribution in [0.5, 0.6) is 5.75 Å².